The molecule has 0 aliphatic rings. The number of nitro groups is 1. The lowest BCUT2D eigenvalue weighted by Crippen LogP contribution is -2.16. The van der Waals surface area contributed by atoms with Gasteiger partial charge in [-0.2, -0.15) is 0 Å². The molecule has 0 aliphatic heterocycles. The Balaban J connectivity index is 1.71. The molecule has 2 aromatic rings. The third-order valence-electron chi connectivity index (χ3n) is 3.62. The maximum Gasteiger partial charge on any atom is 0.270 e. The van der Waals surface area contributed by atoms with Gasteiger partial charge in [-0.25, -0.2) is 4.98 Å². The van der Waals surface area contributed by atoms with Gasteiger partial charge in [0.15, 0.2) is 0 Å². The van der Waals surface area contributed by atoms with Crippen LogP contribution >= 0.6 is 0 Å². The van der Waals surface area contributed by atoms with Crippen molar-refractivity contribution in [1.82, 2.24) is 10.3 Å². The zero-order valence-electron chi connectivity index (χ0n) is 14.4. The molecule has 0 unspecified atom stereocenters. The number of unbranched alkanes of at least 4 members (excludes halogenated alkanes) is 1. The van der Waals surface area contributed by atoms with E-state index in [-0.39, 0.29) is 10.6 Å². The molecule has 0 amide bonds. The maximum absolute atomic E-state index is 10.9. The topological polar surface area (TPSA) is 89.3 Å². The van der Waals surface area contributed by atoms with Crippen LogP contribution in [0.3, 0.4) is 0 Å². The molecular weight excluding hydrogens is 320 g/mol. The molecule has 7 nitrogen and oxygen atoms in total. The quantitative estimate of drug-likeness (QED) is 0.369. The highest BCUT2D eigenvalue weighted by Crippen LogP contribution is 2.24. The monoisotopic (exact) mass is 344 g/mol. The molecule has 0 spiro atoms. The van der Waals surface area contributed by atoms with Crippen LogP contribution in [0.1, 0.15) is 25.3 Å². The second kappa shape index (κ2) is 10.2. The van der Waals surface area contributed by atoms with E-state index in [0.29, 0.717) is 18.9 Å². The fourth-order valence-corrected chi connectivity index (χ4v) is 2.40. The summed E-state index contributed by atoms with van der Waals surface area (Å²) in [5.74, 6) is 1.57. The van der Waals surface area contributed by atoms with Gasteiger partial charge in [-0.05, 0) is 44.5 Å². The summed E-state index contributed by atoms with van der Waals surface area (Å²) in [5, 5.41) is 17.5. The van der Waals surface area contributed by atoms with E-state index >= 15 is 0 Å². The van der Waals surface area contributed by atoms with Gasteiger partial charge in [0, 0.05) is 37.0 Å². The SMILES string of the molecule is CCOc1ccc([N+](=O)[O-])cc1CNCCCCNc1ccccn1. The summed E-state index contributed by atoms with van der Waals surface area (Å²) in [6.45, 7) is 4.67. The fourth-order valence-electron chi connectivity index (χ4n) is 2.40. The van der Waals surface area contributed by atoms with Crippen LogP contribution in [0.15, 0.2) is 42.6 Å². The number of nitro benzene ring substituents is 1. The van der Waals surface area contributed by atoms with Gasteiger partial charge in [0.05, 0.1) is 11.5 Å². The van der Waals surface area contributed by atoms with Gasteiger partial charge in [-0.3, -0.25) is 10.1 Å². The van der Waals surface area contributed by atoms with E-state index in [0.717, 1.165) is 37.3 Å². The molecule has 0 saturated carbocycles. The number of hydrogen-bond donors (Lipinski definition) is 2. The van der Waals surface area contributed by atoms with Crippen LogP contribution in [0.2, 0.25) is 0 Å². The van der Waals surface area contributed by atoms with E-state index in [1.54, 1.807) is 18.3 Å². The van der Waals surface area contributed by atoms with Gasteiger partial charge in [0.1, 0.15) is 11.6 Å². The number of hydrogen-bond acceptors (Lipinski definition) is 6. The number of rotatable bonds is 11. The van der Waals surface area contributed by atoms with Crippen LogP contribution in [0.4, 0.5) is 11.5 Å². The fraction of sp³-hybridized carbons (Fsp3) is 0.389. The average Bonchev–Trinajstić information content (AvgIpc) is 2.63. The summed E-state index contributed by atoms with van der Waals surface area (Å²) < 4.78 is 5.54. The summed E-state index contributed by atoms with van der Waals surface area (Å²) in [7, 11) is 0. The Morgan fingerprint density at radius 3 is 2.76 bits per heavy atom. The molecule has 1 aromatic heterocycles. The first-order valence-corrected chi connectivity index (χ1v) is 8.46. The molecule has 0 atom stereocenters. The van der Waals surface area contributed by atoms with E-state index in [1.807, 2.05) is 25.1 Å². The van der Waals surface area contributed by atoms with Crippen molar-refractivity contribution in [2.24, 2.45) is 0 Å². The summed E-state index contributed by atoms with van der Waals surface area (Å²) in [6.07, 6.45) is 3.77. The van der Waals surface area contributed by atoms with Crippen molar-refractivity contribution in [3.05, 3.63) is 58.3 Å². The van der Waals surface area contributed by atoms with Gasteiger partial charge >= 0.3 is 0 Å². The first-order valence-electron chi connectivity index (χ1n) is 8.46. The maximum atomic E-state index is 10.9. The molecule has 134 valence electrons. The van der Waals surface area contributed by atoms with Crippen molar-refractivity contribution < 1.29 is 9.66 Å². The number of ether oxygens (including phenoxy) is 1. The van der Waals surface area contributed by atoms with Crippen LogP contribution in [0.5, 0.6) is 5.75 Å². The molecule has 7 heteroatoms. The van der Waals surface area contributed by atoms with E-state index in [1.165, 1.54) is 6.07 Å². The van der Waals surface area contributed by atoms with Crippen LogP contribution in [-0.4, -0.2) is 29.6 Å². The Kier molecular flexibility index (Phi) is 7.65. The summed E-state index contributed by atoms with van der Waals surface area (Å²) in [4.78, 5) is 14.7. The molecule has 0 saturated heterocycles. The zero-order valence-corrected chi connectivity index (χ0v) is 14.4. The van der Waals surface area contributed by atoms with Crippen molar-refractivity contribution in [3.63, 3.8) is 0 Å². The summed E-state index contributed by atoms with van der Waals surface area (Å²) >= 11 is 0. The Morgan fingerprint density at radius 2 is 2.04 bits per heavy atom. The number of nitrogens with one attached hydrogen (secondary N) is 2. The van der Waals surface area contributed by atoms with Crippen LogP contribution < -0.4 is 15.4 Å². The van der Waals surface area contributed by atoms with Gasteiger partial charge < -0.3 is 15.4 Å². The minimum absolute atomic E-state index is 0.0832. The normalized spacial score (nSPS) is 10.4. The predicted molar refractivity (Wildman–Crippen MR) is 97.9 cm³/mol. The number of non-ortho nitro benzene ring substituents is 1. The number of pyridine rings is 1. The van der Waals surface area contributed by atoms with Gasteiger partial charge in [-0.15, -0.1) is 0 Å². The van der Waals surface area contributed by atoms with Crippen LogP contribution in [-0.2, 0) is 6.54 Å². The van der Waals surface area contributed by atoms with Gasteiger partial charge in [0.25, 0.3) is 5.69 Å². The number of anilines is 1. The Bertz CT molecular complexity index is 665. The van der Waals surface area contributed by atoms with Crippen molar-refractivity contribution in [1.29, 1.82) is 0 Å². The van der Waals surface area contributed by atoms with E-state index in [4.69, 9.17) is 4.74 Å². The Hall–Kier alpha value is -2.67. The smallest absolute Gasteiger partial charge is 0.270 e. The molecule has 0 aliphatic carbocycles. The standard InChI is InChI=1S/C18H24N4O3/c1-2-25-17-9-8-16(22(23)24)13-15(17)14-19-10-5-6-12-21-18-7-3-4-11-20-18/h3-4,7-9,11,13,19H,2,5-6,10,12,14H2,1H3,(H,20,21). The first-order chi connectivity index (χ1) is 12.2. The van der Waals surface area contributed by atoms with Crippen molar-refractivity contribution in [3.8, 4) is 5.75 Å². The van der Waals surface area contributed by atoms with E-state index < -0.39 is 0 Å². The third kappa shape index (κ3) is 6.39. The van der Waals surface area contributed by atoms with Gasteiger partial charge in [-0.1, -0.05) is 6.07 Å². The van der Waals surface area contributed by atoms with Crippen molar-refractivity contribution >= 4 is 11.5 Å². The molecule has 0 fully saturated rings. The molecule has 0 bridgehead atoms. The largest absolute Gasteiger partial charge is 0.494 e. The molecule has 1 aromatic carbocycles. The molecular formula is C18H24N4O3. The average molecular weight is 344 g/mol. The minimum atomic E-state index is -0.386. The second-order valence-corrected chi connectivity index (χ2v) is 5.51. The highest BCUT2D eigenvalue weighted by atomic mass is 16.6. The summed E-state index contributed by atoms with van der Waals surface area (Å²) in [5.41, 5.74) is 0.891. The van der Waals surface area contributed by atoms with Crippen molar-refractivity contribution in [2.45, 2.75) is 26.3 Å². The molecule has 2 rings (SSSR count). The number of aromatic nitrogens is 1. The van der Waals surface area contributed by atoms with E-state index in [9.17, 15) is 10.1 Å². The molecule has 25 heavy (non-hydrogen) atoms. The highest BCUT2D eigenvalue weighted by Gasteiger charge is 2.11. The van der Waals surface area contributed by atoms with E-state index in [2.05, 4.69) is 15.6 Å². The van der Waals surface area contributed by atoms with Crippen LogP contribution in [0.25, 0.3) is 0 Å². The number of benzene rings is 1. The molecule has 1 heterocycles. The molecule has 0 radical (unpaired) electrons. The predicted octanol–water partition coefficient (Wildman–Crippen LogP) is 3.37. The Morgan fingerprint density at radius 1 is 1.20 bits per heavy atom. The van der Waals surface area contributed by atoms with Crippen LogP contribution in [0, 0.1) is 10.1 Å². The third-order valence-corrected chi connectivity index (χ3v) is 3.62. The lowest BCUT2D eigenvalue weighted by molar-refractivity contribution is -0.384. The lowest BCUT2D eigenvalue weighted by atomic mass is 10.1. The lowest BCUT2D eigenvalue weighted by Gasteiger charge is -2.11. The Labute approximate surface area is 147 Å². The number of nitrogens with zero attached hydrogens (tertiary/aromatic N) is 2. The molecule has 2 N–H and O–H groups in total. The van der Waals surface area contributed by atoms with Crippen molar-refractivity contribution in [2.75, 3.05) is 25.0 Å². The highest BCUT2D eigenvalue weighted by molar-refractivity contribution is 5.43. The van der Waals surface area contributed by atoms with Gasteiger partial charge in [0.2, 0.25) is 0 Å². The minimum Gasteiger partial charge on any atom is -0.494 e. The first kappa shape index (κ1) is 18.7. The second-order valence-electron chi connectivity index (χ2n) is 5.51. The summed E-state index contributed by atoms with van der Waals surface area (Å²) in [6, 6.07) is 10.5. The zero-order chi connectivity index (χ0) is 17.9.